The molecule has 0 bridgehead atoms. The molecule has 0 fully saturated rings. The van der Waals surface area contributed by atoms with Crippen molar-refractivity contribution in [2.45, 2.75) is 26.9 Å². The standard InChI is InChI=1S/C10H11FO.C2H6/c1-3-10(12)9-5-4-8(11)6-7(9)2;1-2/h3-6,10,12H,1H2,2H3;1-2H3. The monoisotopic (exact) mass is 196 g/mol. The second-order valence-corrected chi connectivity index (χ2v) is 2.68. The minimum atomic E-state index is -0.703. The number of benzene rings is 1. The van der Waals surface area contributed by atoms with Gasteiger partial charge in [0.1, 0.15) is 5.82 Å². The molecule has 0 aromatic heterocycles. The molecule has 1 atom stereocenters. The number of aliphatic hydroxyl groups is 1. The fourth-order valence-corrected chi connectivity index (χ4v) is 1.10. The Morgan fingerprint density at radius 1 is 1.43 bits per heavy atom. The third kappa shape index (κ3) is 3.30. The highest BCUT2D eigenvalue weighted by Crippen LogP contribution is 2.18. The van der Waals surface area contributed by atoms with Crippen molar-refractivity contribution in [3.05, 3.63) is 47.8 Å². The first-order valence-corrected chi connectivity index (χ1v) is 4.72. The van der Waals surface area contributed by atoms with Crippen LogP contribution in [0.4, 0.5) is 4.39 Å². The zero-order valence-electron chi connectivity index (χ0n) is 8.92. The van der Waals surface area contributed by atoms with Crippen molar-refractivity contribution in [3.63, 3.8) is 0 Å². The Hall–Kier alpha value is -1.15. The minimum absolute atomic E-state index is 0.285. The summed E-state index contributed by atoms with van der Waals surface area (Å²) in [4.78, 5) is 0. The number of hydrogen-bond acceptors (Lipinski definition) is 1. The molecule has 0 spiro atoms. The van der Waals surface area contributed by atoms with Crippen LogP contribution in [0.15, 0.2) is 30.9 Å². The molecule has 0 radical (unpaired) electrons. The maximum absolute atomic E-state index is 12.6. The molecular formula is C12H17FO. The van der Waals surface area contributed by atoms with E-state index in [0.29, 0.717) is 5.56 Å². The first-order chi connectivity index (χ1) is 6.65. The van der Waals surface area contributed by atoms with Gasteiger partial charge in [0.25, 0.3) is 0 Å². The second kappa shape index (κ2) is 6.33. The maximum Gasteiger partial charge on any atom is 0.123 e. The van der Waals surface area contributed by atoms with Crippen LogP contribution < -0.4 is 0 Å². The number of hydrogen-bond donors (Lipinski definition) is 1. The summed E-state index contributed by atoms with van der Waals surface area (Å²) in [7, 11) is 0. The summed E-state index contributed by atoms with van der Waals surface area (Å²) in [5.74, 6) is -0.285. The summed E-state index contributed by atoms with van der Waals surface area (Å²) in [5, 5.41) is 9.36. The fourth-order valence-electron chi connectivity index (χ4n) is 1.10. The van der Waals surface area contributed by atoms with E-state index in [0.717, 1.165) is 5.56 Å². The number of aliphatic hydroxyl groups excluding tert-OH is 1. The molecule has 1 N–H and O–H groups in total. The predicted molar refractivity (Wildman–Crippen MR) is 57.6 cm³/mol. The van der Waals surface area contributed by atoms with E-state index in [2.05, 4.69) is 6.58 Å². The molecule has 1 aromatic carbocycles. The van der Waals surface area contributed by atoms with Crippen LogP contribution >= 0.6 is 0 Å². The molecule has 78 valence electrons. The molecule has 1 unspecified atom stereocenters. The molecule has 0 saturated heterocycles. The van der Waals surface area contributed by atoms with Crippen LogP contribution in [-0.2, 0) is 0 Å². The average Bonchev–Trinajstić information content (AvgIpc) is 2.20. The summed E-state index contributed by atoms with van der Waals surface area (Å²) >= 11 is 0. The van der Waals surface area contributed by atoms with Crippen molar-refractivity contribution in [2.24, 2.45) is 0 Å². The molecule has 0 heterocycles. The van der Waals surface area contributed by atoms with Crippen LogP contribution in [0.3, 0.4) is 0 Å². The smallest absolute Gasteiger partial charge is 0.123 e. The maximum atomic E-state index is 12.6. The molecule has 1 aromatic rings. The van der Waals surface area contributed by atoms with Crippen molar-refractivity contribution < 1.29 is 9.50 Å². The van der Waals surface area contributed by atoms with Gasteiger partial charge < -0.3 is 5.11 Å². The summed E-state index contributed by atoms with van der Waals surface area (Å²) in [5.41, 5.74) is 1.44. The minimum Gasteiger partial charge on any atom is -0.384 e. The number of rotatable bonds is 2. The number of halogens is 1. The molecule has 0 amide bonds. The van der Waals surface area contributed by atoms with Gasteiger partial charge in [-0.3, -0.25) is 0 Å². The second-order valence-electron chi connectivity index (χ2n) is 2.68. The Morgan fingerprint density at radius 2 is 2.00 bits per heavy atom. The fraction of sp³-hybridized carbons (Fsp3) is 0.333. The van der Waals surface area contributed by atoms with E-state index >= 15 is 0 Å². The van der Waals surface area contributed by atoms with Crippen molar-refractivity contribution in [1.82, 2.24) is 0 Å². The Morgan fingerprint density at radius 3 is 2.43 bits per heavy atom. The molecule has 0 aliphatic carbocycles. The van der Waals surface area contributed by atoms with Crippen LogP contribution in [0.1, 0.15) is 31.1 Å². The lowest BCUT2D eigenvalue weighted by Gasteiger charge is -2.08. The molecule has 0 aliphatic rings. The third-order valence-electron chi connectivity index (χ3n) is 1.77. The largest absolute Gasteiger partial charge is 0.384 e. The van der Waals surface area contributed by atoms with Crippen molar-refractivity contribution >= 4 is 0 Å². The zero-order chi connectivity index (χ0) is 11.1. The first-order valence-electron chi connectivity index (χ1n) is 4.72. The molecule has 0 aliphatic heterocycles. The van der Waals surface area contributed by atoms with Gasteiger partial charge in [0, 0.05) is 0 Å². The van der Waals surface area contributed by atoms with E-state index in [1.807, 2.05) is 13.8 Å². The highest BCUT2D eigenvalue weighted by atomic mass is 19.1. The Labute approximate surface area is 84.9 Å². The first kappa shape index (κ1) is 12.8. The highest BCUT2D eigenvalue weighted by Gasteiger charge is 2.05. The molecule has 14 heavy (non-hydrogen) atoms. The predicted octanol–water partition coefficient (Wildman–Crippen LogP) is 3.38. The van der Waals surface area contributed by atoms with Crippen molar-refractivity contribution in [2.75, 3.05) is 0 Å². The van der Waals surface area contributed by atoms with E-state index < -0.39 is 6.10 Å². The van der Waals surface area contributed by atoms with Crippen LogP contribution in [0, 0.1) is 12.7 Å². The van der Waals surface area contributed by atoms with E-state index in [-0.39, 0.29) is 5.82 Å². The van der Waals surface area contributed by atoms with Gasteiger partial charge in [-0.25, -0.2) is 4.39 Å². The Bertz CT molecular complexity index is 294. The molecule has 1 nitrogen and oxygen atoms in total. The highest BCUT2D eigenvalue weighted by molar-refractivity contribution is 5.30. The topological polar surface area (TPSA) is 20.2 Å². The SMILES string of the molecule is C=CC(O)c1ccc(F)cc1C.CC. The summed E-state index contributed by atoms with van der Waals surface area (Å²) < 4.78 is 12.6. The summed E-state index contributed by atoms with van der Waals surface area (Å²) in [6.45, 7) is 9.21. The van der Waals surface area contributed by atoms with Gasteiger partial charge in [-0.05, 0) is 30.2 Å². The molecular weight excluding hydrogens is 179 g/mol. The summed E-state index contributed by atoms with van der Waals surface area (Å²) in [6, 6.07) is 4.29. The average molecular weight is 196 g/mol. The Kier molecular flexibility index (Phi) is 5.81. The van der Waals surface area contributed by atoms with Crippen molar-refractivity contribution in [1.29, 1.82) is 0 Å². The number of aryl methyl sites for hydroxylation is 1. The third-order valence-corrected chi connectivity index (χ3v) is 1.77. The summed E-state index contributed by atoms with van der Waals surface area (Å²) in [6.07, 6.45) is 0.714. The van der Waals surface area contributed by atoms with E-state index in [9.17, 15) is 9.50 Å². The van der Waals surface area contributed by atoms with Crippen LogP contribution in [0.25, 0.3) is 0 Å². The van der Waals surface area contributed by atoms with Gasteiger partial charge >= 0.3 is 0 Å². The van der Waals surface area contributed by atoms with E-state index in [1.54, 1.807) is 13.0 Å². The van der Waals surface area contributed by atoms with Gasteiger partial charge in [-0.2, -0.15) is 0 Å². The van der Waals surface area contributed by atoms with Crippen LogP contribution in [0.2, 0.25) is 0 Å². The van der Waals surface area contributed by atoms with E-state index in [4.69, 9.17) is 0 Å². The van der Waals surface area contributed by atoms with Gasteiger partial charge in [0.05, 0.1) is 6.10 Å². The van der Waals surface area contributed by atoms with Gasteiger partial charge in [0.2, 0.25) is 0 Å². The van der Waals surface area contributed by atoms with Crippen LogP contribution in [0.5, 0.6) is 0 Å². The van der Waals surface area contributed by atoms with Gasteiger partial charge in [-0.1, -0.05) is 26.0 Å². The van der Waals surface area contributed by atoms with Gasteiger partial charge in [-0.15, -0.1) is 6.58 Å². The lowest BCUT2D eigenvalue weighted by atomic mass is 10.0. The molecule has 1 rings (SSSR count). The lowest BCUT2D eigenvalue weighted by molar-refractivity contribution is 0.228. The lowest BCUT2D eigenvalue weighted by Crippen LogP contribution is -1.96. The normalized spacial score (nSPS) is 11.2. The van der Waals surface area contributed by atoms with Crippen molar-refractivity contribution in [3.8, 4) is 0 Å². The molecule has 2 heteroatoms. The van der Waals surface area contributed by atoms with E-state index in [1.165, 1.54) is 18.2 Å². The molecule has 0 saturated carbocycles. The van der Waals surface area contributed by atoms with Crippen LogP contribution in [-0.4, -0.2) is 5.11 Å². The Balaban J connectivity index is 0.000000791. The van der Waals surface area contributed by atoms with Gasteiger partial charge in [0.15, 0.2) is 0 Å². The zero-order valence-corrected chi connectivity index (χ0v) is 8.92. The quantitative estimate of drug-likeness (QED) is 0.719.